The fraction of sp³-hybridized carbons (Fsp3) is 0.450. The van der Waals surface area contributed by atoms with Gasteiger partial charge in [0.2, 0.25) is 5.91 Å². The molecule has 7 heteroatoms. The maximum absolute atomic E-state index is 12.0. The van der Waals surface area contributed by atoms with E-state index in [1.807, 2.05) is 24.3 Å². The lowest BCUT2D eigenvalue weighted by Gasteiger charge is -2.11. The molecule has 7 nitrogen and oxygen atoms in total. The van der Waals surface area contributed by atoms with Gasteiger partial charge in [-0.1, -0.05) is 0 Å². The molecule has 1 saturated heterocycles. The number of benzene rings is 1. The predicted molar refractivity (Wildman–Crippen MR) is 102 cm³/mol. The topological polar surface area (TPSA) is 82.5 Å². The van der Waals surface area contributed by atoms with Crippen molar-refractivity contribution in [2.75, 3.05) is 20.3 Å². The van der Waals surface area contributed by atoms with E-state index in [0.29, 0.717) is 31.6 Å². The van der Waals surface area contributed by atoms with E-state index in [4.69, 9.17) is 9.47 Å². The number of carbonyl (C=O) groups is 1. The van der Waals surface area contributed by atoms with Crippen molar-refractivity contribution in [3.63, 3.8) is 0 Å². The van der Waals surface area contributed by atoms with Crippen molar-refractivity contribution in [2.24, 2.45) is 0 Å². The average Bonchev–Trinajstić information content (AvgIpc) is 3.21. The fourth-order valence-corrected chi connectivity index (χ4v) is 3.04. The smallest absolute Gasteiger partial charge is 0.266 e. The standard InChI is InChI=1S/C20H25N3O4/c1-26-16-8-6-15(7-9-16)18-10-11-20(25)23(22-18)12-2-5-19(24)21-14-17-4-3-13-27-17/h6-11,17H,2-5,12-14H2,1H3,(H,21,24). The number of aromatic nitrogens is 2. The molecule has 2 aromatic rings. The van der Waals surface area contributed by atoms with Gasteiger partial charge in [0.15, 0.2) is 0 Å². The van der Waals surface area contributed by atoms with Crippen molar-refractivity contribution in [1.29, 1.82) is 0 Å². The normalized spacial score (nSPS) is 16.3. The Hall–Kier alpha value is -2.67. The highest BCUT2D eigenvalue weighted by Gasteiger charge is 2.16. The Labute approximate surface area is 158 Å². The first-order valence-electron chi connectivity index (χ1n) is 9.26. The van der Waals surface area contributed by atoms with Gasteiger partial charge >= 0.3 is 0 Å². The molecule has 1 unspecified atom stereocenters. The van der Waals surface area contributed by atoms with E-state index in [1.54, 1.807) is 13.2 Å². The van der Waals surface area contributed by atoms with Crippen molar-refractivity contribution in [2.45, 2.75) is 38.3 Å². The average molecular weight is 371 g/mol. The quantitative estimate of drug-likeness (QED) is 0.767. The van der Waals surface area contributed by atoms with Crippen LogP contribution in [0.25, 0.3) is 11.3 Å². The Kier molecular flexibility index (Phi) is 6.59. The molecule has 0 saturated carbocycles. The van der Waals surface area contributed by atoms with Crippen LogP contribution < -0.4 is 15.6 Å². The first-order chi connectivity index (χ1) is 13.2. The summed E-state index contributed by atoms with van der Waals surface area (Å²) in [5.41, 5.74) is 1.44. The zero-order valence-electron chi connectivity index (χ0n) is 15.5. The molecule has 1 fully saturated rings. The molecule has 0 bridgehead atoms. The van der Waals surface area contributed by atoms with Crippen LogP contribution in [-0.2, 0) is 16.1 Å². The number of methoxy groups -OCH3 is 1. The van der Waals surface area contributed by atoms with Gasteiger partial charge in [-0.15, -0.1) is 0 Å². The van der Waals surface area contributed by atoms with Crippen molar-refractivity contribution < 1.29 is 14.3 Å². The summed E-state index contributed by atoms with van der Waals surface area (Å²) >= 11 is 0. The van der Waals surface area contributed by atoms with Crippen molar-refractivity contribution in [3.05, 3.63) is 46.8 Å². The number of rotatable bonds is 8. The van der Waals surface area contributed by atoms with Crippen molar-refractivity contribution in [1.82, 2.24) is 15.1 Å². The fourth-order valence-electron chi connectivity index (χ4n) is 3.04. The van der Waals surface area contributed by atoms with Crippen LogP contribution in [0.5, 0.6) is 5.75 Å². The first kappa shape index (κ1) is 19.1. The number of nitrogens with one attached hydrogen (secondary N) is 1. The summed E-state index contributed by atoms with van der Waals surface area (Å²) in [6.45, 7) is 1.74. The summed E-state index contributed by atoms with van der Waals surface area (Å²) in [5.74, 6) is 0.742. The van der Waals surface area contributed by atoms with Crippen LogP contribution in [0.2, 0.25) is 0 Å². The van der Waals surface area contributed by atoms with E-state index in [1.165, 1.54) is 10.7 Å². The third kappa shape index (κ3) is 5.40. The largest absolute Gasteiger partial charge is 0.497 e. The Bertz CT molecular complexity index is 811. The lowest BCUT2D eigenvalue weighted by molar-refractivity contribution is -0.121. The highest BCUT2D eigenvalue weighted by molar-refractivity contribution is 5.75. The van der Waals surface area contributed by atoms with Crippen LogP contribution in [0.15, 0.2) is 41.2 Å². The molecule has 1 aromatic carbocycles. The summed E-state index contributed by atoms with van der Waals surface area (Å²) in [6, 6.07) is 10.7. The summed E-state index contributed by atoms with van der Waals surface area (Å²) < 4.78 is 12.0. The molecular weight excluding hydrogens is 346 g/mol. The van der Waals surface area contributed by atoms with Crippen LogP contribution in [0.3, 0.4) is 0 Å². The lowest BCUT2D eigenvalue weighted by atomic mass is 10.1. The van der Waals surface area contributed by atoms with Gasteiger partial charge in [0.1, 0.15) is 5.75 Å². The zero-order valence-corrected chi connectivity index (χ0v) is 15.5. The number of carbonyl (C=O) groups excluding carboxylic acids is 1. The summed E-state index contributed by atoms with van der Waals surface area (Å²) in [6.07, 6.45) is 3.10. The Morgan fingerprint density at radius 3 is 2.81 bits per heavy atom. The molecule has 1 amide bonds. The molecule has 0 radical (unpaired) electrons. The number of hydrogen-bond donors (Lipinski definition) is 1. The number of nitrogens with zero attached hydrogens (tertiary/aromatic N) is 2. The van der Waals surface area contributed by atoms with Crippen molar-refractivity contribution in [3.8, 4) is 17.0 Å². The third-order valence-electron chi connectivity index (χ3n) is 4.58. The van der Waals surface area contributed by atoms with Crippen LogP contribution in [0.4, 0.5) is 0 Å². The molecule has 3 rings (SSSR count). The molecule has 2 heterocycles. The van der Waals surface area contributed by atoms with Crippen LogP contribution in [0.1, 0.15) is 25.7 Å². The van der Waals surface area contributed by atoms with Crippen molar-refractivity contribution >= 4 is 5.91 Å². The second-order valence-corrected chi connectivity index (χ2v) is 6.55. The van der Waals surface area contributed by atoms with Gasteiger partial charge in [0, 0.05) is 37.7 Å². The van der Waals surface area contributed by atoms with Crippen LogP contribution in [0, 0.1) is 0 Å². The maximum Gasteiger partial charge on any atom is 0.266 e. The SMILES string of the molecule is COc1ccc(-c2ccc(=O)n(CCCC(=O)NCC3CCCO3)n2)cc1. The van der Waals surface area contributed by atoms with Gasteiger partial charge in [-0.25, -0.2) is 4.68 Å². The summed E-state index contributed by atoms with van der Waals surface area (Å²) in [4.78, 5) is 24.0. The minimum Gasteiger partial charge on any atom is -0.497 e. The van der Waals surface area contributed by atoms with Gasteiger partial charge in [-0.05, 0) is 49.6 Å². The van der Waals surface area contributed by atoms with E-state index in [-0.39, 0.29) is 17.6 Å². The van der Waals surface area contributed by atoms with E-state index in [9.17, 15) is 9.59 Å². The number of ether oxygens (including phenoxy) is 2. The number of hydrogen-bond acceptors (Lipinski definition) is 5. The zero-order chi connectivity index (χ0) is 19.1. The molecule has 1 aliphatic rings. The molecule has 27 heavy (non-hydrogen) atoms. The van der Waals surface area contributed by atoms with Gasteiger partial charge in [0.25, 0.3) is 5.56 Å². The van der Waals surface area contributed by atoms with Crippen LogP contribution in [-0.4, -0.2) is 42.1 Å². The molecule has 0 aliphatic carbocycles. The minimum absolute atomic E-state index is 0.0233. The number of aryl methyl sites for hydroxylation is 1. The summed E-state index contributed by atoms with van der Waals surface area (Å²) in [5, 5.41) is 7.31. The summed E-state index contributed by atoms with van der Waals surface area (Å²) in [7, 11) is 1.62. The van der Waals surface area contributed by atoms with E-state index >= 15 is 0 Å². The highest BCUT2D eigenvalue weighted by Crippen LogP contribution is 2.19. The Balaban J connectivity index is 1.53. The van der Waals surface area contributed by atoms with Gasteiger partial charge < -0.3 is 14.8 Å². The molecule has 1 N–H and O–H groups in total. The van der Waals surface area contributed by atoms with Gasteiger partial charge in [-0.3, -0.25) is 9.59 Å². The minimum atomic E-state index is -0.174. The molecule has 1 atom stereocenters. The first-order valence-corrected chi connectivity index (χ1v) is 9.26. The maximum atomic E-state index is 12.0. The van der Waals surface area contributed by atoms with E-state index in [2.05, 4.69) is 10.4 Å². The lowest BCUT2D eigenvalue weighted by Crippen LogP contribution is -2.32. The Morgan fingerprint density at radius 2 is 2.11 bits per heavy atom. The predicted octanol–water partition coefficient (Wildman–Crippen LogP) is 1.99. The molecule has 144 valence electrons. The van der Waals surface area contributed by atoms with Gasteiger partial charge in [0.05, 0.1) is 18.9 Å². The van der Waals surface area contributed by atoms with E-state index in [0.717, 1.165) is 30.8 Å². The molecule has 1 aliphatic heterocycles. The highest BCUT2D eigenvalue weighted by atomic mass is 16.5. The second kappa shape index (κ2) is 9.32. The molecular formula is C20H25N3O4. The third-order valence-corrected chi connectivity index (χ3v) is 4.58. The molecule has 1 aromatic heterocycles. The van der Waals surface area contributed by atoms with Gasteiger partial charge in [-0.2, -0.15) is 5.10 Å². The molecule has 0 spiro atoms. The van der Waals surface area contributed by atoms with Crippen LogP contribution >= 0.6 is 0 Å². The monoisotopic (exact) mass is 371 g/mol. The second-order valence-electron chi connectivity index (χ2n) is 6.55. The number of amides is 1. The Morgan fingerprint density at radius 1 is 1.30 bits per heavy atom. The van der Waals surface area contributed by atoms with E-state index < -0.39 is 0 Å².